The molecule has 0 spiro atoms. The average Bonchev–Trinajstić information content (AvgIpc) is 2.85. The van der Waals surface area contributed by atoms with Crippen LogP contribution < -0.4 is 10.2 Å². The second-order valence-corrected chi connectivity index (χ2v) is 6.29. The number of amides is 2. The first-order valence-electron chi connectivity index (χ1n) is 7.22. The maximum atomic E-state index is 11.9. The zero-order valence-electron chi connectivity index (χ0n) is 13.4. The van der Waals surface area contributed by atoms with E-state index in [1.54, 1.807) is 4.90 Å². The Hall–Kier alpha value is -2.24. The number of cyclic esters (lactones) is 1. The molecular weight excluding hydrogens is 284 g/mol. The van der Waals surface area contributed by atoms with Crippen LogP contribution in [0, 0.1) is 0 Å². The predicted molar refractivity (Wildman–Crippen MR) is 83.2 cm³/mol. The smallest absolute Gasteiger partial charge is 0.414 e. The van der Waals surface area contributed by atoms with Gasteiger partial charge >= 0.3 is 12.2 Å². The van der Waals surface area contributed by atoms with Crippen LogP contribution in [0.15, 0.2) is 24.3 Å². The van der Waals surface area contributed by atoms with Gasteiger partial charge in [-0.05, 0) is 23.1 Å². The van der Waals surface area contributed by atoms with Gasteiger partial charge in [-0.2, -0.15) is 0 Å². The molecular formula is C16H22N2O4. The number of hydrogen-bond donors (Lipinski definition) is 1. The van der Waals surface area contributed by atoms with Crippen molar-refractivity contribution in [3.05, 3.63) is 29.8 Å². The van der Waals surface area contributed by atoms with Crippen LogP contribution >= 0.6 is 0 Å². The molecule has 1 atom stereocenters. The summed E-state index contributed by atoms with van der Waals surface area (Å²) < 4.78 is 9.73. The second kappa shape index (κ2) is 6.25. The predicted octanol–water partition coefficient (Wildman–Crippen LogP) is 2.67. The van der Waals surface area contributed by atoms with E-state index in [9.17, 15) is 9.59 Å². The molecule has 1 aliphatic rings. The lowest BCUT2D eigenvalue weighted by Gasteiger charge is -2.20. The standard InChI is InChI=1S/C16H22N2O4/c1-16(2,3)11-5-7-12(8-6-11)18-10-13(22-15(18)20)9-17-14(19)21-4/h5-8,13H,9-10H2,1-4H3,(H,17,19). The quantitative estimate of drug-likeness (QED) is 0.932. The third kappa shape index (κ3) is 3.69. The highest BCUT2D eigenvalue weighted by atomic mass is 16.6. The normalized spacial score (nSPS) is 18.1. The van der Waals surface area contributed by atoms with Crippen molar-refractivity contribution in [2.75, 3.05) is 25.1 Å². The summed E-state index contributed by atoms with van der Waals surface area (Å²) in [5.41, 5.74) is 2.06. The number of carbonyl (C=O) groups excluding carboxylic acids is 2. The van der Waals surface area contributed by atoms with E-state index < -0.39 is 12.2 Å². The first-order chi connectivity index (χ1) is 10.3. The molecule has 6 nitrogen and oxygen atoms in total. The average molecular weight is 306 g/mol. The molecule has 1 heterocycles. The summed E-state index contributed by atoms with van der Waals surface area (Å²) in [5, 5.41) is 2.53. The summed E-state index contributed by atoms with van der Waals surface area (Å²) in [5.74, 6) is 0. The van der Waals surface area contributed by atoms with Crippen LogP contribution in [0.3, 0.4) is 0 Å². The minimum absolute atomic E-state index is 0.0665. The third-order valence-electron chi connectivity index (χ3n) is 3.58. The summed E-state index contributed by atoms with van der Waals surface area (Å²) in [6.07, 6.45) is -1.32. The van der Waals surface area contributed by atoms with Gasteiger partial charge in [-0.1, -0.05) is 32.9 Å². The summed E-state index contributed by atoms with van der Waals surface area (Å²) in [6, 6.07) is 7.86. The Morgan fingerprint density at radius 1 is 1.36 bits per heavy atom. The van der Waals surface area contributed by atoms with E-state index in [4.69, 9.17) is 4.74 Å². The first-order valence-corrected chi connectivity index (χ1v) is 7.22. The molecule has 0 saturated carbocycles. The molecule has 1 aromatic rings. The lowest BCUT2D eigenvalue weighted by atomic mass is 9.87. The molecule has 6 heteroatoms. The lowest BCUT2D eigenvalue weighted by Crippen LogP contribution is -2.34. The van der Waals surface area contributed by atoms with Crippen LogP contribution in [-0.4, -0.2) is 38.5 Å². The fourth-order valence-electron chi connectivity index (χ4n) is 2.25. The molecule has 1 saturated heterocycles. The van der Waals surface area contributed by atoms with Gasteiger partial charge in [-0.15, -0.1) is 0 Å². The van der Waals surface area contributed by atoms with Gasteiger partial charge in [-0.3, -0.25) is 4.90 Å². The minimum atomic E-state index is -0.538. The Bertz CT molecular complexity index is 548. The van der Waals surface area contributed by atoms with Crippen LogP contribution in [-0.2, 0) is 14.9 Å². The third-order valence-corrected chi connectivity index (χ3v) is 3.58. The SMILES string of the molecule is COC(=O)NCC1CN(c2ccc(C(C)(C)C)cc2)C(=O)O1. The summed E-state index contributed by atoms with van der Waals surface area (Å²) in [7, 11) is 1.29. The largest absolute Gasteiger partial charge is 0.453 e. The molecule has 0 radical (unpaired) electrons. The van der Waals surface area contributed by atoms with Gasteiger partial charge in [0.25, 0.3) is 0 Å². The van der Waals surface area contributed by atoms with E-state index >= 15 is 0 Å². The maximum absolute atomic E-state index is 11.9. The van der Waals surface area contributed by atoms with Crippen molar-refractivity contribution in [3.8, 4) is 0 Å². The van der Waals surface area contributed by atoms with Crippen molar-refractivity contribution in [2.45, 2.75) is 32.3 Å². The topological polar surface area (TPSA) is 67.9 Å². The number of rotatable bonds is 3. The van der Waals surface area contributed by atoms with Gasteiger partial charge in [0.05, 0.1) is 20.2 Å². The molecule has 0 aliphatic carbocycles. The highest BCUT2D eigenvalue weighted by Crippen LogP contribution is 2.27. The highest BCUT2D eigenvalue weighted by Gasteiger charge is 2.32. The van der Waals surface area contributed by atoms with Gasteiger partial charge in [0.1, 0.15) is 6.10 Å². The van der Waals surface area contributed by atoms with Gasteiger partial charge in [0, 0.05) is 5.69 Å². The molecule has 1 aliphatic heterocycles. The number of alkyl carbamates (subject to hydrolysis) is 1. The van der Waals surface area contributed by atoms with Crippen LogP contribution in [0.2, 0.25) is 0 Å². The van der Waals surface area contributed by atoms with Gasteiger partial charge in [0.2, 0.25) is 0 Å². The molecule has 2 rings (SSSR count). The fourth-order valence-corrected chi connectivity index (χ4v) is 2.25. The van der Waals surface area contributed by atoms with Gasteiger partial charge < -0.3 is 14.8 Å². The Balaban J connectivity index is 2.01. The molecule has 1 N–H and O–H groups in total. The maximum Gasteiger partial charge on any atom is 0.414 e. The van der Waals surface area contributed by atoms with E-state index in [0.29, 0.717) is 6.54 Å². The zero-order chi connectivity index (χ0) is 16.3. The zero-order valence-corrected chi connectivity index (χ0v) is 13.4. The Morgan fingerprint density at radius 3 is 2.55 bits per heavy atom. The van der Waals surface area contributed by atoms with Crippen LogP contribution in [0.5, 0.6) is 0 Å². The Morgan fingerprint density at radius 2 is 2.00 bits per heavy atom. The number of anilines is 1. The minimum Gasteiger partial charge on any atom is -0.453 e. The van der Waals surface area contributed by atoms with Crippen LogP contribution in [0.1, 0.15) is 26.3 Å². The summed E-state index contributed by atoms with van der Waals surface area (Å²) >= 11 is 0. The monoisotopic (exact) mass is 306 g/mol. The number of benzene rings is 1. The number of nitrogens with zero attached hydrogens (tertiary/aromatic N) is 1. The molecule has 120 valence electrons. The second-order valence-electron chi connectivity index (χ2n) is 6.29. The van der Waals surface area contributed by atoms with E-state index in [1.165, 1.54) is 12.7 Å². The van der Waals surface area contributed by atoms with Crippen molar-refractivity contribution in [1.29, 1.82) is 0 Å². The van der Waals surface area contributed by atoms with E-state index in [-0.39, 0.29) is 18.1 Å². The molecule has 1 unspecified atom stereocenters. The molecule has 1 fully saturated rings. The number of carbonyl (C=O) groups is 2. The van der Waals surface area contributed by atoms with Crippen molar-refractivity contribution < 1.29 is 19.1 Å². The van der Waals surface area contributed by atoms with Crippen LogP contribution in [0.4, 0.5) is 15.3 Å². The number of nitrogens with one attached hydrogen (secondary N) is 1. The molecule has 22 heavy (non-hydrogen) atoms. The van der Waals surface area contributed by atoms with Crippen molar-refractivity contribution in [1.82, 2.24) is 5.32 Å². The number of ether oxygens (including phenoxy) is 2. The Kier molecular flexibility index (Phi) is 4.59. The van der Waals surface area contributed by atoms with Crippen LogP contribution in [0.25, 0.3) is 0 Å². The summed E-state index contributed by atoms with van der Waals surface area (Å²) in [4.78, 5) is 24.6. The number of hydrogen-bond acceptors (Lipinski definition) is 4. The van der Waals surface area contributed by atoms with E-state index in [1.807, 2.05) is 24.3 Å². The fraction of sp³-hybridized carbons (Fsp3) is 0.500. The highest BCUT2D eigenvalue weighted by molar-refractivity contribution is 5.89. The summed E-state index contributed by atoms with van der Waals surface area (Å²) in [6.45, 7) is 7.05. The molecule has 0 bridgehead atoms. The first kappa shape index (κ1) is 16.1. The van der Waals surface area contributed by atoms with Gasteiger partial charge in [0.15, 0.2) is 0 Å². The van der Waals surface area contributed by atoms with Crippen molar-refractivity contribution in [3.63, 3.8) is 0 Å². The van der Waals surface area contributed by atoms with E-state index in [2.05, 4.69) is 30.8 Å². The van der Waals surface area contributed by atoms with Gasteiger partial charge in [-0.25, -0.2) is 9.59 Å². The van der Waals surface area contributed by atoms with E-state index in [0.717, 1.165) is 5.69 Å². The molecule has 0 aromatic heterocycles. The number of methoxy groups -OCH3 is 1. The van der Waals surface area contributed by atoms with Crippen molar-refractivity contribution in [2.24, 2.45) is 0 Å². The van der Waals surface area contributed by atoms with Crippen molar-refractivity contribution >= 4 is 17.9 Å². The Labute approximate surface area is 130 Å². The molecule has 1 aromatic carbocycles. The molecule has 2 amide bonds. The lowest BCUT2D eigenvalue weighted by molar-refractivity contribution is 0.132.